The van der Waals surface area contributed by atoms with Crippen LogP contribution in [0.25, 0.3) is 0 Å². The van der Waals surface area contributed by atoms with Gasteiger partial charge in [-0.3, -0.25) is 14.4 Å². The van der Waals surface area contributed by atoms with Crippen LogP contribution in [-0.2, 0) is 14.4 Å². The van der Waals surface area contributed by atoms with E-state index in [0.29, 0.717) is 10.6 Å². The molecule has 8 heteroatoms. The zero-order valence-electron chi connectivity index (χ0n) is 17.3. The lowest BCUT2D eigenvalue weighted by Crippen LogP contribution is -2.39. The van der Waals surface area contributed by atoms with Crippen molar-refractivity contribution in [2.24, 2.45) is 0 Å². The van der Waals surface area contributed by atoms with E-state index < -0.39 is 36.3 Å². The number of benzene rings is 2. The van der Waals surface area contributed by atoms with Gasteiger partial charge in [0.1, 0.15) is 6.54 Å². The molecule has 1 unspecified atom stereocenters. The van der Waals surface area contributed by atoms with E-state index in [4.69, 9.17) is 0 Å². The zero-order valence-corrected chi connectivity index (χ0v) is 17.3. The van der Waals surface area contributed by atoms with Gasteiger partial charge in [-0.1, -0.05) is 30.3 Å². The highest BCUT2D eigenvalue weighted by atomic mass is 16.2. The molecule has 1 atom stereocenters. The molecular weight excluding hydrogens is 396 g/mol. The number of carbonyl (C=O) groups excluding carboxylic acids is 4. The van der Waals surface area contributed by atoms with Crippen LogP contribution in [0, 0.1) is 0 Å². The van der Waals surface area contributed by atoms with Crippen LogP contribution < -0.4 is 10.2 Å². The molecule has 0 spiro atoms. The molecule has 0 saturated carbocycles. The minimum atomic E-state index is -0.993. The molecule has 0 radical (unpaired) electrons. The molecule has 5 amide bonds. The van der Waals surface area contributed by atoms with Crippen molar-refractivity contribution >= 4 is 35.1 Å². The van der Waals surface area contributed by atoms with E-state index >= 15 is 0 Å². The van der Waals surface area contributed by atoms with Crippen LogP contribution in [0.4, 0.5) is 16.2 Å². The maximum atomic E-state index is 12.7. The van der Waals surface area contributed by atoms with Crippen LogP contribution in [0.5, 0.6) is 0 Å². The summed E-state index contributed by atoms with van der Waals surface area (Å²) in [5.41, 5.74) is 2.38. The molecule has 0 aliphatic carbocycles. The number of amides is 5. The fourth-order valence-corrected chi connectivity index (χ4v) is 3.96. The van der Waals surface area contributed by atoms with Gasteiger partial charge in [-0.05, 0) is 49.6 Å². The minimum Gasteiger partial charge on any atom is -0.372 e. The first-order valence-corrected chi connectivity index (χ1v) is 10.3. The molecule has 2 heterocycles. The monoisotopic (exact) mass is 420 g/mol. The number of imide groups is 2. The van der Waals surface area contributed by atoms with Crippen molar-refractivity contribution in [1.29, 1.82) is 0 Å². The van der Waals surface area contributed by atoms with Gasteiger partial charge < -0.3 is 10.2 Å². The molecule has 0 aromatic heterocycles. The van der Waals surface area contributed by atoms with Gasteiger partial charge in [0, 0.05) is 24.5 Å². The Bertz CT molecular complexity index is 1000. The second-order valence-corrected chi connectivity index (χ2v) is 7.72. The van der Waals surface area contributed by atoms with E-state index in [1.54, 1.807) is 43.3 Å². The smallest absolute Gasteiger partial charge is 0.335 e. The third kappa shape index (κ3) is 4.14. The lowest BCUT2D eigenvalue weighted by molar-refractivity contribution is -0.144. The maximum Gasteiger partial charge on any atom is 0.335 e. The number of anilines is 2. The highest BCUT2D eigenvalue weighted by Gasteiger charge is 2.47. The van der Waals surface area contributed by atoms with Crippen molar-refractivity contribution in [3.8, 4) is 0 Å². The van der Waals surface area contributed by atoms with E-state index in [-0.39, 0.29) is 0 Å². The van der Waals surface area contributed by atoms with Crippen LogP contribution in [0.3, 0.4) is 0 Å². The Kier molecular flexibility index (Phi) is 5.70. The van der Waals surface area contributed by atoms with Crippen molar-refractivity contribution in [2.75, 3.05) is 29.9 Å². The third-order valence-corrected chi connectivity index (χ3v) is 5.68. The second-order valence-electron chi connectivity index (χ2n) is 7.72. The molecular formula is C23H24N4O4. The normalized spacial score (nSPS) is 17.5. The summed E-state index contributed by atoms with van der Waals surface area (Å²) in [4.78, 5) is 53.9. The molecule has 2 saturated heterocycles. The van der Waals surface area contributed by atoms with Crippen LogP contribution in [0.2, 0.25) is 0 Å². The molecule has 2 aromatic rings. The van der Waals surface area contributed by atoms with Gasteiger partial charge in [0.05, 0.1) is 6.04 Å². The topological polar surface area (TPSA) is 90.0 Å². The van der Waals surface area contributed by atoms with Gasteiger partial charge in [-0.25, -0.2) is 14.6 Å². The summed E-state index contributed by atoms with van der Waals surface area (Å²) in [6.07, 6.45) is 2.35. The molecule has 2 aliphatic rings. The van der Waals surface area contributed by atoms with Gasteiger partial charge in [-0.15, -0.1) is 0 Å². The van der Waals surface area contributed by atoms with Gasteiger partial charge >= 0.3 is 17.8 Å². The van der Waals surface area contributed by atoms with Crippen molar-refractivity contribution in [3.63, 3.8) is 0 Å². The number of hydrogen-bond acceptors (Lipinski definition) is 5. The summed E-state index contributed by atoms with van der Waals surface area (Å²) in [5, 5.41) is 2.68. The van der Waals surface area contributed by atoms with Gasteiger partial charge in [0.15, 0.2) is 0 Å². The Morgan fingerprint density at radius 2 is 1.58 bits per heavy atom. The molecule has 4 rings (SSSR count). The predicted octanol–water partition coefficient (Wildman–Crippen LogP) is 2.78. The van der Waals surface area contributed by atoms with Crippen molar-refractivity contribution in [2.45, 2.75) is 25.8 Å². The largest absolute Gasteiger partial charge is 0.372 e. The lowest BCUT2D eigenvalue weighted by atomic mass is 10.1. The molecule has 31 heavy (non-hydrogen) atoms. The molecule has 2 aromatic carbocycles. The van der Waals surface area contributed by atoms with Gasteiger partial charge in [-0.2, -0.15) is 0 Å². The Morgan fingerprint density at radius 3 is 2.23 bits per heavy atom. The summed E-state index contributed by atoms with van der Waals surface area (Å²) in [6.45, 7) is 3.20. The molecule has 8 nitrogen and oxygen atoms in total. The highest BCUT2D eigenvalue weighted by molar-refractivity contribution is 6.45. The molecule has 2 fully saturated rings. The molecule has 160 valence electrons. The standard InChI is InChI=1S/C23H24N4O4/c1-16(17-7-3-2-4-8-17)27-22(30)21(29)26(23(27)31)15-20(28)24-18-9-11-19(12-10-18)25-13-5-6-14-25/h2-4,7-12,16H,5-6,13-15H2,1H3,(H,24,28). The number of carbonyl (C=O) groups is 4. The number of nitrogens with zero attached hydrogens (tertiary/aromatic N) is 3. The number of hydrogen-bond donors (Lipinski definition) is 1. The minimum absolute atomic E-state index is 0.519. The molecule has 2 aliphatic heterocycles. The van der Waals surface area contributed by atoms with Crippen LogP contribution in [0.1, 0.15) is 31.4 Å². The van der Waals surface area contributed by atoms with Crippen molar-refractivity contribution in [1.82, 2.24) is 9.80 Å². The first-order chi connectivity index (χ1) is 15.0. The first kappa shape index (κ1) is 20.6. The highest BCUT2D eigenvalue weighted by Crippen LogP contribution is 2.26. The van der Waals surface area contributed by atoms with Gasteiger partial charge in [0.25, 0.3) is 0 Å². The van der Waals surface area contributed by atoms with Crippen molar-refractivity contribution in [3.05, 3.63) is 60.2 Å². The first-order valence-electron chi connectivity index (χ1n) is 10.3. The quantitative estimate of drug-likeness (QED) is 0.573. The Hall–Kier alpha value is -3.68. The van der Waals surface area contributed by atoms with E-state index in [1.807, 2.05) is 18.2 Å². The Balaban J connectivity index is 1.40. The summed E-state index contributed by atoms with van der Waals surface area (Å²) in [7, 11) is 0. The summed E-state index contributed by atoms with van der Waals surface area (Å²) < 4.78 is 0. The molecule has 1 N–H and O–H groups in total. The van der Waals surface area contributed by atoms with Crippen LogP contribution in [-0.4, -0.2) is 53.2 Å². The third-order valence-electron chi connectivity index (χ3n) is 5.68. The van der Waals surface area contributed by atoms with Crippen LogP contribution in [0.15, 0.2) is 54.6 Å². The number of urea groups is 1. The second kappa shape index (κ2) is 8.59. The Labute approximate surface area is 180 Å². The Morgan fingerprint density at radius 1 is 0.935 bits per heavy atom. The zero-order chi connectivity index (χ0) is 22.0. The van der Waals surface area contributed by atoms with Crippen molar-refractivity contribution < 1.29 is 19.2 Å². The predicted molar refractivity (Wildman–Crippen MR) is 115 cm³/mol. The number of rotatable bonds is 6. The fraction of sp³-hybridized carbons (Fsp3) is 0.304. The summed E-state index contributed by atoms with van der Waals surface area (Å²) in [6, 6.07) is 15.0. The summed E-state index contributed by atoms with van der Waals surface area (Å²) in [5.74, 6) is -2.46. The lowest BCUT2D eigenvalue weighted by Gasteiger charge is -2.22. The van der Waals surface area contributed by atoms with Crippen LogP contribution >= 0.6 is 0 Å². The van der Waals surface area contributed by atoms with E-state index in [0.717, 1.165) is 29.2 Å². The number of nitrogens with one attached hydrogen (secondary N) is 1. The SMILES string of the molecule is CC(c1ccccc1)N1C(=O)C(=O)N(CC(=O)Nc2ccc(N3CCCC3)cc2)C1=O. The average molecular weight is 420 g/mol. The fourth-order valence-electron chi connectivity index (χ4n) is 3.96. The molecule has 0 bridgehead atoms. The van der Waals surface area contributed by atoms with E-state index in [2.05, 4.69) is 10.2 Å². The average Bonchev–Trinajstić information content (AvgIpc) is 3.39. The van der Waals surface area contributed by atoms with Gasteiger partial charge in [0.2, 0.25) is 5.91 Å². The maximum absolute atomic E-state index is 12.7. The summed E-state index contributed by atoms with van der Waals surface area (Å²) >= 11 is 0. The van der Waals surface area contributed by atoms with E-state index in [1.165, 1.54) is 12.8 Å². The van der Waals surface area contributed by atoms with E-state index in [9.17, 15) is 19.2 Å².